The summed E-state index contributed by atoms with van der Waals surface area (Å²) in [5.41, 5.74) is 0.561. The van der Waals surface area contributed by atoms with Crippen LogP contribution in [0.4, 0.5) is 4.39 Å². The van der Waals surface area contributed by atoms with Gasteiger partial charge in [-0.15, -0.1) is 0 Å². The average molecular weight is 251 g/mol. The van der Waals surface area contributed by atoms with Gasteiger partial charge in [-0.05, 0) is 25.0 Å². The predicted molar refractivity (Wildman–Crippen MR) is 75.2 cm³/mol. The molecule has 1 nitrogen and oxygen atoms in total. The lowest BCUT2D eigenvalue weighted by atomic mass is 9.76. The second-order valence-corrected chi connectivity index (χ2v) is 5.46. The third kappa shape index (κ3) is 4.08. The minimum atomic E-state index is -0.146. The van der Waals surface area contributed by atoms with E-state index in [0.29, 0.717) is 5.69 Å². The first-order chi connectivity index (χ1) is 8.64. The first-order valence-electron chi connectivity index (χ1n) is 7.25. The highest BCUT2D eigenvalue weighted by atomic mass is 19.1. The molecule has 0 aromatic carbocycles. The molecule has 0 spiro atoms. The van der Waals surface area contributed by atoms with Gasteiger partial charge in [0, 0.05) is 11.6 Å². The van der Waals surface area contributed by atoms with Crippen LogP contribution in [0.1, 0.15) is 71.4 Å². The largest absolute Gasteiger partial charge is 0.258 e. The van der Waals surface area contributed by atoms with Crippen molar-refractivity contribution in [3.63, 3.8) is 0 Å². The monoisotopic (exact) mass is 251 g/mol. The molecule has 0 saturated heterocycles. The minimum Gasteiger partial charge on any atom is -0.258 e. The lowest BCUT2D eigenvalue weighted by Crippen LogP contribution is -2.25. The van der Waals surface area contributed by atoms with Crippen molar-refractivity contribution >= 4 is 0 Å². The van der Waals surface area contributed by atoms with Gasteiger partial charge in [0.2, 0.25) is 0 Å². The molecule has 0 saturated carbocycles. The van der Waals surface area contributed by atoms with Crippen LogP contribution in [-0.4, -0.2) is 4.98 Å². The molecule has 0 fully saturated rings. The summed E-state index contributed by atoms with van der Waals surface area (Å²) in [6.45, 7) is 6.55. The summed E-state index contributed by atoms with van der Waals surface area (Å²) in [5, 5.41) is 0. The fourth-order valence-corrected chi connectivity index (χ4v) is 2.52. The van der Waals surface area contributed by atoms with Crippen LogP contribution in [0.3, 0.4) is 0 Å². The molecular formula is C16H26FN. The summed E-state index contributed by atoms with van der Waals surface area (Å²) in [6.07, 6.45) is 9.65. The number of rotatable bonds is 8. The van der Waals surface area contributed by atoms with Crippen molar-refractivity contribution in [2.24, 2.45) is 0 Å². The summed E-state index contributed by atoms with van der Waals surface area (Å²) in [5.74, 6) is -0.146. The average Bonchev–Trinajstić information content (AvgIpc) is 2.37. The van der Waals surface area contributed by atoms with E-state index in [4.69, 9.17) is 0 Å². The van der Waals surface area contributed by atoms with Gasteiger partial charge in [-0.2, -0.15) is 0 Å². The predicted octanol–water partition coefficient (Wildman–Crippen LogP) is 5.25. The molecule has 102 valence electrons. The van der Waals surface area contributed by atoms with E-state index in [1.54, 1.807) is 12.3 Å². The van der Waals surface area contributed by atoms with E-state index in [-0.39, 0.29) is 11.2 Å². The van der Waals surface area contributed by atoms with Crippen LogP contribution in [0.15, 0.2) is 18.3 Å². The van der Waals surface area contributed by atoms with E-state index < -0.39 is 0 Å². The Labute approximate surface area is 111 Å². The van der Waals surface area contributed by atoms with Crippen molar-refractivity contribution in [2.75, 3.05) is 0 Å². The molecule has 0 bridgehead atoms. The molecule has 0 amide bonds. The Kier molecular flexibility index (Phi) is 6.31. The maximum atomic E-state index is 14.0. The van der Waals surface area contributed by atoms with Gasteiger partial charge in [0.1, 0.15) is 5.82 Å². The van der Waals surface area contributed by atoms with Gasteiger partial charge >= 0.3 is 0 Å². The first kappa shape index (κ1) is 15.1. The van der Waals surface area contributed by atoms with E-state index in [1.165, 1.54) is 18.9 Å². The van der Waals surface area contributed by atoms with Crippen LogP contribution in [-0.2, 0) is 5.41 Å². The number of halogens is 1. The number of hydrogen-bond donors (Lipinski definition) is 0. The Balaban J connectivity index is 2.85. The smallest absolute Gasteiger partial charge is 0.145 e. The van der Waals surface area contributed by atoms with Crippen LogP contribution >= 0.6 is 0 Å². The Morgan fingerprint density at radius 3 is 2.39 bits per heavy atom. The number of unbranched alkanes of at least 4 members (excludes halogenated alkanes) is 3. The van der Waals surface area contributed by atoms with Crippen molar-refractivity contribution < 1.29 is 4.39 Å². The highest BCUT2D eigenvalue weighted by Crippen LogP contribution is 2.35. The molecule has 1 aromatic rings. The molecule has 0 N–H and O–H groups in total. The number of hydrogen-bond acceptors (Lipinski definition) is 1. The van der Waals surface area contributed by atoms with Crippen LogP contribution in [0.2, 0.25) is 0 Å². The SMILES string of the molecule is CCCCCC(C)(CCCC)c1ncccc1F. The summed E-state index contributed by atoms with van der Waals surface area (Å²) in [7, 11) is 0. The zero-order chi connectivity index (χ0) is 13.4. The Hall–Kier alpha value is -0.920. The Bertz CT molecular complexity index is 351. The highest BCUT2D eigenvalue weighted by molar-refractivity contribution is 5.18. The van der Waals surface area contributed by atoms with Gasteiger partial charge in [0.05, 0.1) is 5.69 Å². The van der Waals surface area contributed by atoms with Crippen LogP contribution in [0.5, 0.6) is 0 Å². The standard InChI is InChI=1S/C16H26FN/c1-4-6-8-12-16(3,11-7-5-2)15-14(17)10-9-13-18-15/h9-10,13H,4-8,11-12H2,1-3H3. The van der Waals surface area contributed by atoms with Gasteiger partial charge in [0.15, 0.2) is 0 Å². The van der Waals surface area contributed by atoms with E-state index >= 15 is 0 Å². The molecule has 0 radical (unpaired) electrons. The van der Waals surface area contributed by atoms with Crippen molar-refractivity contribution in [1.29, 1.82) is 0 Å². The molecule has 0 aliphatic heterocycles. The molecule has 2 heteroatoms. The molecule has 0 aliphatic carbocycles. The quantitative estimate of drug-likeness (QED) is 0.575. The minimum absolute atomic E-state index is 0.101. The molecular weight excluding hydrogens is 225 g/mol. The number of pyridine rings is 1. The van der Waals surface area contributed by atoms with Gasteiger partial charge < -0.3 is 0 Å². The normalized spacial score (nSPS) is 14.4. The topological polar surface area (TPSA) is 12.9 Å². The van der Waals surface area contributed by atoms with Gasteiger partial charge in [-0.3, -0.25) is 4.98 Å². The third-order valence-electron chi connectivity index (χ3n) is 3.74. The fourth-order valence-electron chi connectivity index (χ4n) is 2.52. The van der Waals surface area contributed by atoms with Crippen LogP contribution in [0, 0.1) is 5.82 Å². The summed E-state index contributed by atoms with van der Waals surface area (Å²) < 4.78 is 14.0. The third-order valence-corrected chi connectivity index (χ3v) is 3.74. The second kappa shape index (κ2) is 7.50. The van der Waals surface area contributed by atoms with Crippen molar-refractivity contribution in [3.8, 4) is 0 Å². The van der Waals surface area contributed by atoms with E-state index in [0.717, 1.165) is 32.1 Å². The maximum Gasteiger partial charge on any atom is 0.145 e. The molecule has 1 unspecified atom stereocenters. The zero-order valence-corrected chi connectivity index (χ0v) is 12.0. The van der Waals surface area contributed by atoms with Crippen LogP contribution < -0.4 is 0 Å². The van der Waals surface area contributed by atoms with Gasteiger partial charge in [-0.1, -0.05) is 52.9 Å². The van der Waals surface area contributed by atoms with Gasteiger partial charge in [0.25, 0.3) is 0 Å². The van der Waals surface area contributed by atoms with E-state index in [9.17, 15) is 4.39 Å². The second-order valence-electron chi connectivity index (χ2n) is 5.46. The van der Waals surface area contributed by atoms with E-state index in [1.807, 2.05) is 0 Å². The lowest BCUT2D eigenvalue weighted by molar-refractivity contribution is 0.346. The van der Waals surface area contributed by atoms with Crippen molar-refractivity contribution in [3.05, 3.63) is 29.8 Å². The molecule has 0 aliphatic rings. The number of nitrogens with zero attached hydrogens (tertiary/aromatic N) is 1. The molecule has 1 atom stereocenters. The molecule has 1 heterocycles. The molecule has 1 rings (SSSR count). The van der Waals surface area contributed by atoms with Gasteiger partial charge in [-0.25, -0.2) is 4.39 Å². The first-order valence-corrected chi connectivity index (χ1v) is 7.25. The van der Waals surface area contributed by atoms with Crippen molar-refractivity contribution in [2.45, 2.75) is 71.1 Å². The fraction of sp³-hybridized carbons (Fsp3) is 0.688. The summed E-state index contributed by atoms with van der Waals surface area (Å²) >= 11 is 0. The Morgan fingerprint density at radius 2 is 1.78 bits per heavy atom. The van der Waals surface area contributed by atoms with E-state index in [2.05, 4.69) is 25.8 Å². The molecule has 1 aromatic heterocycles. The van der Waals surface area contributed by atoms with Crippen LogP contribution in [0.25, 0.3) is 0 Å². The zero-order valence-electron chi connectivity index (χ0n) is 12.0. The summed E-state index contributed by atoms with van der Waals surface area (Å²) in [6, 6.07) is 3.21. The maximum absolute atomic E-state index is 14.0. The highest BCUT2D eigenvalue weighted by Gasteiger charge is 2.29. The Morgan fingerprint density at radius 1 is 1.11 bits per heavy atom. The lowest BCUT2D eigenvalue weighted by Gasteiger charge is -2.29. The molecule has 18 heavy (non-hydrogen) atoms. The van der Waals surface area contributed by atoms with Crippen molar-refractivity contribution in [1.82, 2.24) is 4.98 Å². The summed E-state index contributed by atoms with van der Waals surface area (Å²) in [4.78, 5) is 4.31. The number of aromatic nitrogens is 1.